The Kier molecular flexibility index (Phi) is 2.97. The lowest BCUT2D eigenvalue weighted by atomic mass is 9.98. The summed E-state index contributed by atoms with van der Waals surface area (Å²) in [7, 11) is 0. The molecular formula is C12H11ClNO2. The summed E-state index contributed by atoms with van der Waals surface area (Å²) in [6.45, 7) is 3.87. The largest absolute Gasteiger partial charge is 0.392 e. The summed E-state index contributed by atoms with van der Waals surface area (Å²) >= 11 is 6.14. The molecule has 0 spiro atoms. The molecular weight excluding hydrogens is 226 g/mol. The van der Waals surface area contributed by atoms with Crippen molar-refractivity contribution in [2.45, 2.75) is 26.4 Å². The SMILES string of the molecule is Cc1ccc([C]=O)c(Cl)c1C1=NOC(C)C1. The molecule has 0 saturated carbocycles. The Hall–Kier alpha value is -1.35. The molecule has 16 heavy (non-hydrogen) atoms. The Morgan fingerprint density at radius 1 is 1.56 bits per heavy atom. The van der Waals surface area contributed by atoms with E-state index in [1.165, 1.54) is 0 Å². The van der Waals surface area contributed by atoms with E-state index in [0.29, 0.717) is 17.0 Å². The lowest BCUT2D eigenvalue weighted by molar-refractivity contribution is 0.0995. The van der Waals surface area contributed by atoms with E-state index in [2.05, 4.69) is 5.16 Å². The summed E-state index contributed by atoms with van der Waals surface area (Å²) in [6, 6.07) is 3.50. The summed E-state index contributed by atoms with van der Waals surface area (Å²) in [6.07, 6.45) is 2.60. The minimum Gasteiger partial charge on any atom is -0.392 e. The molecule has 83 valence electrons. The Balaban J connectivity index is 2.51. The second-order valence-electron chi connectivity index (χ2n) is 3.88. The van der Waals surface area contributed by atoms with Gasteiger partial charge in [-0.2, -0.15) is 0 Å². The molecule has 4 heteroatoms. The van der Waals surface area contributed by atoms with Gasteiger partial charge in [0.15, 0.2) is 0 Å². The molecule has 3 nitrogen and oxygen atoms in total. The molecule has 0 N–H and O–H groups in total. The molecule has 1 atom stereocenters. The quantitative estimate of drug-likeness (QED) is 0.792. The molecule has 1 aliphatic heterocycles. The van der Waals surface area contributed by atoms with Crippen LogP contribution in [0.25, 0.3) is 0 Å². The Bertz CT molecular complexity index is 468. The fourth-order valence-electron chi connectivity index (χ4n) is 1.75. The molecule has 0 aliphatic carbocycles. The normalized spacial score (nSPS) is 19.2. The Morgan fingerprint density at radius 2 is 2.31 bits per heavy atom. The molecule has 1 aromatic rings. The highest BCUT2D eigenvalue weighted by molar-refractivity contribution is 6.36. The highest BCUT2D eigenvalue weighted by Crippen LogP contribution is 2.28. The number of oxime groups is 1. The maximum atomic E-state index is 10.7. The van der Waals surface area contributed by atoms with Crippen LogP contribution in [0.15, 0.2) is 17.3 Å². The Labute approximate surface area is 99.0 Å². The number of nitrogens with zero attached hydrogens (tertiary/aromatic N) is 1. The van der Waals surface area contributed by atoms with Crippen LogP contribution in [0.4, 0.5) is 0 Å². The monoisotopic (exact) mass is 236 g/mol. The number of rotatable bonds is 2. The minimum atomic E-state index is 0.0642. The van der Waals surface area contributed by atoms with Crippen LogP contribution in [-0.2, 0) is 9.63 Å². The summed E-state index contributed by atoms with van der Waals surface area (Å²) < 4.78 is 0. The minimum absolute atomic E-state index is 0.0642. The number of hydrogen-bond acceptors (Lipinski definition) is 3. The first-order valence-electron chi connectivity index (χ1n) is 5.03. The fourth-order valence-corrected chi connectivity index (χ4v) is 2.11. The van der Waals surface area contributed by atoms with Crippen LogP contribution in [0.3, 0.4) is 0 Å². The fraction of sp³-hybridized carbons (Fsp3) is 0.333. The Morgan fingerprint density at radius 3 is 2.88 bits per heavy atom. The van der Waals surface area contributed by atoms with Crippen molar-refractivity contribution in [2.75, 3.05) is 0 Å². The van der Waals surface area contributed by atoms with Crippen molar-refractivity contribution in [3.8, 4) is 0 Å². The third kappa shape index (κ3) is 1.83. The van der Waals surface area contributed by atoms with E-state index in [9.17, 15) is 4.79 Å². The zero-order valence-corrected chi connectivity index (χ0v) is 9.84. The third-order valence-corrected chi connectivity index (χ3v) is 2.97. The van der Waals surface area contributed by atoms with Gasteiger partial charge in [0.1, 0.15) is 6.10 Å². The maximum Gasteiger partial charge on any atom is 0.235 e. The second-order valence-corrected chi connectivity index (χ2v) is 4.26. The van der Waals surface area contributed by atoms with Crippen molar-refractivity contribution in [3.05, 3.63) is 33.8 Å². The van der Waals surface area contributed by atoms with Crippen molar-refractivity contribution < 1.29 is 9.63 Å². The first-order valence-corrected chi connectivity index (χ1v) is 5.41. The maximum absolute atomic E-state index is 10.7. The molecule has 0 fully saturated rings. The van der Waals surface area contributed by atoms with Crippen LogP contribution in [0.2, 0.25) is 5.02 Å². The first-order chi connectivity index (χ1) is 7.63. The molecule has 0 saturated heterocycles. The van der Waals surface area contributed by atoms with Gasteiger partial charge in [0.2, 0.25) is 6.29 Å². The average molecular weight is 237 g/mol. The summed E-state index contributed by atoms with van der Waals surface area (Å²) in [5.74, 6) is 0. The molecule has 0 amide bonds. The summed E-state index contributed by atoms with van der Waals surface area (Å²) in [5.41, 5.74) is 2.95. The highest BCUT2D eigenvalue weighted by Gasteiger charge is 2.22. The number of benzene rings is 1. The van der Waals surface area contributed by atoms with Crippen LogP contribution in [-0.4, -0.2) is 18.1 Å². The van der Waals surface area contributed by atoms with Crippen LogP contribution in [0.5, 0.6) is 0 Å². The number of halogens is 1. The smallest absolute Gasteiger partial charge is 0.235 e. The van der Waals surface area contributed by atoms with E-state index in [4.69, 9.17) is 16.4 Å². The van der Waals surface area contributed by atoms with Crippen molar-refractivity contribution in [1.29, 1.82) is 0 Å². The van der Waals surface area contributed by atoms with Crippen LogP contribution in [0, 0.1) is 6.92 Å². The van der Waals surface area contributed by atoms with Crippen molar-refractivity contribution in [3.63, 3.8) is 0 Å². The lowest BCUT2D eigenvalue weighted by Crippen LogP contribution is -2.07. The summed E-state index contributed by atoms with van der Waals surface area (Å²) in [4.78, 5) is 15.8. The van der Waals surface area contributed by atoms with Gasteiger partial charge in [0, 0.05) is 17.5 Å². The van der Waals surface area contributed by atoms with E-state index in [0.717, 1.165) is 16.8 Å². The molecule has 0 aromatic heterocycles. The van der Waals surface area contributed by atoms with Crippen molar-refractivity contribution >= 4 is 23.6 Å². The van der Waals surface area contributed by atoms with E-state index in [1.54, 1.807) is 6.07 Å². The molecule has 1 radical (unpaired) electrons. The molecule has 1 heterocycles. The van der Waals surface area contributed by atoms with Gasteiger partial charge >= 0.3 is 0 Å². The third-order valence-electron chi connectivity index (χ3n) is 2.57. The number of hydrogen-bond donors (Lipinski definition) is 0. The molecule has 1 aliphatic rings. The van der Waals surface area contributed by atoms with E-state index in [-0.39, 0.29) is 6.10 Å². The van der Waals surface area contributed by atoms with Crippen LogP contribution < -0.4 is 0 Å². The topological polar surface area (TPSA) is 38.7 Å². The lowest BCUT2D eigenvalue weighted by Gasteiger charge is -2.08. The summed E-state index contributed by atoms with van der Waals surface area (Å²) in [5, 5.41) is 4.40. The van der Waals surface area contributed by atoms with Crippen LogP contribution in [0.1, 0.15) is 30.0 Å². The van der Waals surface area contributed by atoms with Gasteiger partial charge in [-0.15, -0.1) is 0 Å². The van der Waals surface area contributed by atoms with Crippen molar-refractivity contribution in [2.24, 2.45) is 5.16 Å². The van der Waals surface area contributed by atoms with Crippen LogP contribution >= 0.6 is 11.6 Å². The molecule has 2 rings (SSSR count). The predicted molar refractivity (Wildman–Crippen MR) is 62.7 cm³/mol. The van der Waals surface area contributed by atoms with Gasteiger partial charge < -0.3 is 4.84 Å². The average Bonchev–Trinajstić information content (AvgIpc) is 2.65. The van der Waals surface area contributed by atoms with Gasteiger partial charge in [-0.3, -0.25) is 4.79 Å². The van der Waals surface area contributed by atoms with Gasteiger partial charge in [-0.05, 0) is 25.5 Å². The predicted octanol–water partition coefficient (Wildman–Crippen LogP) is 2.62. The second kappa shape index (κ2) is 4.26. The van der Waals surface area contributed by atoms with E-state index < -0.39 is 0 Å². The van der Waals surface area contributed by atoms with Gasteiger partial charge in [-0.25, -0.2) is 0 Å². The van der Waals surface area contributed by atoms with Gasteiger partial charge in [0.25, 0.3) is 0 Å². The van der Waals surface area contributed by atoms with Crippen molar-refractivity contribution in [1.82, 2.24) is 0 Å². The van der Waals surface area contributed by atoms with E-state index in [1.807, 2.05) is 26.2 Å². The zero-order valence-electron chi connectivity index (χ0n) is 9.08. The standard InChI is InChI=1S/C12H11ClNO2/c1-7-3-4-9(6-15)12(13)11(7)10-5-8(2)16-14-10/h3-4,8H,5H2,1-2H3. The number of carbonyl (C=O) groups excluding carboxylic acids is 1. The zero-order chi connectivity index (χ0) is 11.7. The molecule has 1 unspecified atom stereocenters. The van der Waals surface area contributed by atoms with E-state index >= 15 is 0 Å². The molecule has 1 aromatic carbocycles. The van der Waals surface area contributed by atoms with Gasteiger partial charge in [-0.1, -0.05) is 22.8 Å². The first kappa shape index (κ1) is 11.1. The number of aryl methyl sites for hydroxylation is 1. The highest BCUT2D eigenvalue weighted by atomic mass is 35.5. The van der Waals surface area contributed by atoms with Gasteiger partial charge in [0.05, 0.1) is 10.7 Å². The molecule has 0 bridgehead atoms.